The molecule has 2 amide bonds. The number of allylic oxidation sites excluding steroid dienone is 1. The minimum Gasteiger partial charge on any atom is -0.427 e. The van der Waals surface area contributed by atoms with Crippen molar-refractivity contribution >= 4 is 57.6 Å². The molecule has 3 rings (SSSR count). The van der Waals surface area contributed by atoms with Crippen molar-refractivity contribution in [3.05, 3.63) is 28.9 Å². The van der Waals surface area contributed by atoms with Gasteiger partial charge < -0.3 is 20.5 Å². The topological polar surface area (TPSA) is 141 Å². The third kappa shape index (κ3) is 5.38. The summed E-state index contributed by atoms with van der Waals surface area (Å²) >= 11 is 2.64. The van der Waals surface area contributed by atoms with Gasteiger partial charge >= 0.3 is 11.9 Å². The van der Waals surface area contributed by atoms with Gasteiger partial charge in [0.1, 0.15) is 17.1 Å². The molecule has 0 aromatic carbocycles. The molecule has 178 valence electrons. The van der Waals surface area contributed by atoms with Crippen molar-refractivity contribution in [3.8, 4) is 0 Å². The molecular weight excluding hydrogens is 468 g/mol. The van der Waals surface area contributed by atoms with Crippen molar-refractivity contribution in [3.63, 3.8) is 0 Å². The fourth-order valence-corrected chi connectivity index (χ4v) is 4.86. The van der Waals surface area contributed by atoms with Crippen LogP contribution in [0.5, 0.6) is 0 Å². The number of hydrogen-bond acceptors (Lipinski definition) is 10. The van der Waals surface area contributed by atoms with E-state index in [4.69, 9.17) is 15.2 Å². The first-order valence-electron chi connectivity index (χ1n) is 10.3. The van der Waals surface area contributed by atoms with Crippen LogP contribution in [0.1, 0.15) is 39.8 Å². The van der Waals surface area contributed by atoms with Gasteiger partial charge in [0.05, 0.1) is 16.7 Å². The lowest BCUT2D eigenvalue weighted by Crippen LogP contribution is -2.70. The molecule has 1 aromatic rings. The molecule has 12 heteroatoms. The van der Waals surface area contributed by atoms with Crippen LogP contribution in [0.3, 0.4) is 0 Å². The molecule has 2 aliphatic rings. The maximum Gasteiger partial charge on any atom is 0.357 e. The number of thiazole rings is 1. The number of ether oxygens (including phenoxy) is 2. The normalized spacial score (nSPS) is 20.4. The number of anilines is 1. The Bertz CT molecular complexity index is 1030. The molecule has 10 nitrogen and oxygen atoms in total. The van der Waals surface area contributed by atoms with Crippen molar-refractivity contribution < 1.29 is 28.7 Å². The second kappa shape index (κ2) is 9.96. The van der Waals surface area contributed by atoms with E-state index in [-0.39, 0.29) is 5.70 Å². The molecule has 1 fully saturated rings. The SMILES string of the molecule is CCC=C(C(=O)N[C@@H]1C(=O)N2C(C(=O)OCOC(=O)C(C)(C)C)=CCS[C@H]12)c1csc(N)n1. The molecule has 0 saturated carbocycles. The van der Waals surface area contributed by atoms with E-state index in [1.807, 2.05) is 6.92 Å². The van der Waals surface area contributed by atoms with Crippen molar-refractivity contribution in [2.45, 2.75) is 45.5 Å². The summed E-state index contributed by atoms with van der Waals surface area (Å²) in [5.74, 6) is -1.70. The van der Waals surface area contributed by atoms with E-state index >= 15 is 0 Å². The second-order valence-electron chi connectivity index (χ2n) is 8.30. The Kier molecular flexibility index (Phi) is 7.48. The Labute approximate surface area is 199 Å². The summed E-state index contributed by atoms with van der Waals surface area (Å²) in [5, 5.41) is 4.33. The number of amides is 2. The number of rotatable bonds is 7. The number of esters is 2. The molecule has 2 aliphatic heterocycles. The summed E-state index contributed by atoms with van der Waals surface area (Å²) in [4.78, 5) is 55.4. The number of aromatic nitrogens is 1. The van der Waals surface area contributed by atoms with Crippen LogP contribution in [0.25, 0.3) is 5.57 Å². The monoisotopic (exact) mass is 494 g/mol. The zero-order valence-corrected chi connectivity index (χ0v) is 20.4. The lowest BCUT2D eigenvalue weighted by atomic mass is 9.98. The lowest BCUT2D eigenvalue weighted by molar-refractivity contribution is -0.173. The maximum absolute atomic E-state index is 12.9. The number of β-lactam (4-membered cyclic amide) rings is 1. The molecule has 0 aliphatic carbocycles. The number of fused-ring (bicyclic) bond motifs is 1. The lowest BCUT2D eigenvalue weighted by Gasteiger charge is -2.48. The Morgan fingerprint density at radius 1 is 1.33 bits per heavy atom. The van der Waals surface area contributed by atoms with E-state index in [1.54, 1.807) is 38.3 Å². The maximum atomic E-state index is 12.9. The summed E-state index contributed by atoms with van der Waals surface area (Å²) in [6.07, 6.45) is 3.90. The van der Waals surface area contributed by atoms with Crippen molar-refractivity contribution in [2.75, 3.05) is 18.3 Å². The van der Waals surface area contributed by atoms with Crippen LogP contribution in [-0.2, 0) is 28.7 Å². The predicted octanol–water partition coefficient (Wildman–Crippen LogP) is 1.89. The summed E-state index contributed by atoms with van der Waals surface area (Å²) < 4.78 is 9.97. The third-order valence-electron chi connectivity index (χ3n) is 4.79. The van der Waals surface area contributed by atoms with Gasteiger partial charge in [-0.25, -0.2) is 9.78 Å². The molecule has 0 unspecified atom stereocenters. The largest absolute Gasteiger partial charge is 0.427 e. The number of carbonyl (C=O) groups excluding carboxylic acids is 4. The Morgan fingerprint density at radius 3 is 2.67 bits per heavy atom. The van der Waals surface area contributed by atoms with Crippen LogP contribution in [-0.4, -0.2) is 57.6 Å². The van der Waals surface area contributed by atoms with E-state index in [9.17, 15) is 19.2 Å². The van der Waals surface area contributed by atoms with Gasteiger partial charge in [0.2, 0.25) is 6.79 Å². The van der Waals surface area contributed by atoms with Gasteiger partial charge in [0, 0.05) is 11.1 Å². The smallest absolute Gasteiger partial charge is 0.357 e. The van der Waals surface area contributed by atoms with Crippen LogP contribution in [0, 0.1) is 5.41 Å². The van der Waals surface area contributed by atoms with Gasteiger partial charge in [0.15, 0.2) is 5.13 Å². The number of nitrogens with one attached hydrogen (secondary N) is 1. The highest BCUT2D eigenvalue weighted by Gasteiger charge is 2.53. The molecular formula is C21H26N4O6S2. The fraction of sp³-hybridized carbons (Fsp3) is 0.476. The van der Waals surface area contributed by atoms with E-state index in [2.05, 4.69) is 10.3 Å². The minimum absolute atomic E-state index is 0.0673. The average molecular weight is 495 g/mol. The van der Waals surface area contributed by atoms with Gasteiger partial charge in [-0.05, 0) is 33.3 Å². The van der Waals surface area contributed by atoms with E-state index in [1.165, 1.54) is 28.0 Å². The summed E-state index contributed by atoms with van der Waals surface area (Å²) in [5.41, 5.74) is 5.81. The molecule has 2 atom stereocenters. The first-order valence-corrected chi connectivity index (χ1v) is 12.2. The Hall–Kier alpha value is -2.86. The number of hydrogen-bond donors (Lipinski definition) is 2. The van der Waals surface area contributed by atoms with E-state index in [0.29, 0.717) is 28.6 Å². The quantitative estimate of drug-likeness (QED) is 0.251. The number of nitrogens with two attached hydrogens (primary N) is 1. The van der Waals surface area contributed by atoms with E-state index < -0.39 is 47.4 Å². The Balaban J connectivity index is 1.61. The first-order chi connectivity index (χ1) is 15.5. The van der Waals surface area contributed by atoms with Crippen LogP contribution in [0.4, 0.5) is 5.13 Å². The molecule has 0 radical (unpaired) electrons. The predicted molar refractivity (Wildman–Crippen MR) is 124 cm³/mol. The van der Waals surface area contributed by atoms with Crippen LogP contribution < -0.4 is 11.1 Å². The fourth-order valence-electron chi connectivity index (χ4n) is 3.10. The molecule has 0 spiro atoms. The summed E-state index contributed by atoms with van der Waals surface area (Å²) in [6, 6.07) is -0.797. The van der Waals surface area contributed by atoms with Gasteiger partial charge in [-0.3, -0.25) is 19.3 Å². The van der Waals surface area contributed by atoms with Crippen molar-refractivity contribution in [1.82, 2.24) is 15.2 Å². The summed E-state index contributed by atoms with van der Waals surface area (Å²) in [7, 11) is 0. The van der Waals surface area contributed by atoms with Gasteiger partial charge in [0.25, 0.3) is 11.8 Å². The third-order valence-corrected chi connectivity index (χ3v) is 6.64. The number of carbonyl (C=O) groups is 4. The molecule has 33 heavy (non-hydrogen) atoms. The van der Waals surface area contributed by atoms with Gasteiger partial charge in [-0.1, -0.05) is 13.0 Å². The highest BCUT2D eigenvalue weighted by molar-refractivity contribution is 8.00. The zero-order valence-electron chi connectivity index (χ0n) is 18.7. The average Bonchev–Trinajstić information content (AvgIpc) is 3.19. The van der Waals surface area contributed by atoms with Crippen LogP contribution >= 0.6 is 23.1 Å². The number of thioether (sulfide) groups is 1. The molecule has 1 saturated heterocycles. The molecule has 3 N–H and O–H groups in total. The van der Waals surface area contributed by atoms with Crippen LogP contribution in [0.2, 0.25) is 0 Å². The molecule has 0 bridgehead atoms. The minimum atomic E-state index is -0.797. The van der Waals surface area contributed by atoms with Gasteiger partial charge in [-0.15, -0.1) is 23.1 Å². The summed E-state index contributed by atoms with van der Waals surface area (Å²) in [6.45, 7) is 6.38. The molecule has 3 heterocycles. The van der Waals surface area contributed by atoms with Crippen LogP contribution in [0.15, 0.2) is 23.2 Å². The number of nitrogen functional groups attached to an aromatic ring is 1. The van der Waals surface area contributed by atoms with Crippen molar-refractivity contribution in [1.29, 1.82) is 0 Å². The standard InChI is InChI=1S/C21H26N4O6S2/c1-5-6-11(12-9-33-20(22)23-12)15(26)24-14-16(27)25-13(7-8-32-17(14)25)18(28)30-10-31-19(29)21(2,3)4/h6-7,9,14,17H,5,8,10H2,1-4H3,(H2,22,23)(H,24,26)/t14-,17-/m1/s1. The van der Waals surface area contributed by atoms with Crippen molar-refractivity contribution in [2.24, 2.45) is 5.41 Å². The molecule has 1 aromatic heterocycles. The van der Waals surface area contributed by atoms with E-state index in [0.717, 1.165) is 0 Å². The highest BCUT2D eigenvalue weighted by atomic mass is 32.2. The second-order valence-corrected chi connectivity index (χ2v) is 10.3. The first kappa shape index (κ1) is 24.8. The Morgan fingerprint density at radius 2 is 2.06 bits per heavy atom. The van der Waals surface area contributed by atoms with Gasteiger partial charge in [-0.2, -0.15) is 0 Å². The number of nitrogens with zero attached hydrogens (tertiary/aromatic N) is 2. The highest BCUT2D eigenvalue weighted by Crippen LogP contribution is 2.38. The zero-order chi connectivity index (χ0) is 24.3.